The number of aromatic nitrogens is 1. The maximum absolute atomic E-state index is 12.4. The molecule has 0 aliphatic carbocycles. The van der Waals surface area contributed by atoms with Gasteiger partial charge in [-0.15, -0.1) is 0 Å². The molecule has 3 aromatic carbocycles. The lowest BCUT2D eigenvalue weighted by Gasteiger charge is -2.07. The molecule has 0 radical (unpaired) electrons. The number of carbonyl (C=O) groups is 1. The fourth-order valence-corrected chi connectivity index (χ4v) is 4.78. The van der Waals surface area contributed by atoms with Gasteiger partial charge in [0.1, 0.15) is 0 Å². The largest absolute Gasteiger partial charge is 0.340 e. The summed E-state index contributed by atoms with van der Waals surface area (Å²) in [6.07, 6.45) is 1.82. The molecule has 0 atom stereocenters. The monoisotopic (exact) mass is 661 g/mol. The Morgan fingerprint density at radius 3 is 2.20 bits per heavy atom. The molecule has 1 heterocycles. The zero-order valence-corrected chi connectivity index (χ0v) is 21.3. The normalized spacial score (nSPS) is 11.6. The van der Waals surface area contributed by atoms with Gasteiger partial charge in [-0.25, -0.2) is 5.43 Å². The number of nitrogens with one attached hydrogen (secondary N) is 1. The smallest absolute Gasteiger partial charge is 0.241 e. The molecule has 0 aliphatic heterocycles. The van der Waals surface area contributed by atoms with Gasteiger partial charge >= 0.3 is 0 Å². The Kier molecular flexibility index (Phi) is 6.86. The van der Waals surface area contributed by atoms with Crippen molar-refractivity contribution in [2.75, 3.05) is 0 Å². The maximum atomic E-state index is 12.4. The SMILES string of the molecule is O=C(CCn1c2ccc(I)cc2c2cc(I)ccc21)N/N=C/c1ccc(Cl)cc1Cl. The van der Waals surface area contributed by atoms with Crippen molar-refractivity contribution in [2.24, 2.45) is 5.10 Å². The van der Waals surface area contributed by atoms with E-state index in [4.69, 9.17) is 23.2 Å². The predicted molar refractivity (Wildman–Crippen MR) is 142 cm³/mol. The number of aryl methyl sites for hydroxylation is 1. The van der Waals surface area contributed by atoms with Crippen molar-refractivity contribution in [3.63, 3.8) is 0 Å². The Balaban J connectivity index is 1.51. The second-order valence-corrected chi connectivity index (χ2v) is 10.0. The van der Waals surface area contributed by atoms with Gasteiger partial charge in [0.05, 0.1) is 11.2 Å². The molecule has 1 aromatic heterocycles. The summed E-state index contributed by atoms with van der Waals surface area (Å²) in [5, 5.41) is 7.45. The molecular weight excluding hydrogens is 647 g/mol. The Bertz CT molecular complexity index is 1240. The highest BCUT2D eigenvalue weighted by atomic mass is 127. The molecule has 4 aromatic rings. The third kappa shape index (κ3) is 4.76. The average Bonchev–Trinajstić information content (AvgIpc) is 3.00. The number of amides is 1. The summed E-state index contributed by atoms with van der Waals surface area (Å²) in [6, 6.07) is 17.9. The van der Waals surface area contributed by atoms with Crippen LogP contribution in [0.3, 0.4) is 0 Å². The van der Waals surface area contributed by atoms with Crippen molar-refractivity contribution < 1.29 is 4.79 Å². The lowest BCUT2D eigenvalue weighted by Crippen LogP contribution is -2.19. The van der Waals surface area contributed by atoms with Gasteiger partial charge in [-0.05, 0) is 93.7 Å². The van der Waals surface area contributed by atoms with Crippen molar-refractivity contribution in [1.29, 1.82) is 0 Å². The minimum atomic E-state index is -0.164. The van der Waals surface area contributed by atoms with Crippen LogP contribution in [-0.2, 0) is 11.3 Å². The zero-order valence-electron chi connectivity index (χ0n) is 15.5. The zero-order chi connectivity index (χ0) is 21.3. The van der Waals surface area contributed by atoms with Crippen LogP contribution in [0.1, 0.15) is 12.0 Å². The van der Waals surface area contributed by atoms with E-state index in [1.807, 2.05) is 0 Å². The van der Waals surface area contributed by atoms with Gasteiger partial charge in [0, 0.05) is 52.5 Å². The maximum Gasteiger partial charge on any atom is 0.241 e. The predicted octanol–water partition coefficient (Wildman–Crippen LogP) is 6.85. The number of carbonyl (C=O) groups excluding carboxylic acids is 1. The van der Waals surface area contributed by atoms with Crippen LogP contribution in [0.5, 0.6) is 0 Å². The van der Waals surface area contributed by atoms with Gasteiger partial charge in [0.15, 0.2) is 0 Å². The highest BCUT2D eigenvalue weighted by Crippen LogP contribution is 2.31. The first-order valence-electron chi connectivity index (χ1n) is 9.06. The summed E-state index contributed by atoms with van der Waals surface area (Å²) in [4.78, 5) is 12.4. The summed E-state index contributed by atoms with van der Waals surface area (Å²) < 4.78 is 4.56. The molecule has 30 heavy (non-hydrogen) atoms. The van der Waals surface area contributed by atoms with Gasteiger partial charge in [0.25, 0.3) is 0 Å². The molecule has 1 N–H and O–H groups in total. The fraction of sp³-hybridized carbons (Fsp3) is 0.0909. The molecule has 4 nitrogen and oxygen atoms in total. The number of fused-ring (bicyclic) bond motifs is 3. The first-order chi connectivity index (χ1) is 14.4. The molecule has 8 heteroatoms. The van der Waals surface area contributed by atoms with Crippen LogP contribution in [0, 0.1) is 7.14 Å². The van der Waals surface area contributed by atoms with E-state index in [0.29, 0.717) is 28.6 Å². The fourth-order valence-electron chi connectivity index (χ4n) is 3.34. The van der Waals surface area contributed by atoms with Crippen molar-refractivity contribution in [2.45, 2.75) is 13.0 Å². The first kappa shape index (κ1) is 21.9. The van der Waals surface area contributed by atoms with Crippen molar-refractivity contribution in [3.05, 3.63) is 77.3 Å². The van der Waals surface area contributed by atoms with Crippen LogP contribution in [0.15, 0.2) is 59.7 Å². The number of benzene rings is 3. The number of halogens is 4. The summed E-state index contributed by atoms with van der Waals surface area (Å²) in [5.74, 6) is -0.164. The van der Waals surface area contributed by atoms with Gasteiger partial charge in [-0.1, -0.05) is 29.3 Å². The highest BCUT2D eigenvalue weighted by Gasteiger charge is 2.12. The number of rotatable bonds is 5. The second-order valence-electron chi connectivity index (χ2n) is 6.68. The minimum absolute atomic E-state index is 0.164. The van der Waals surface area contributed by atoms with Crippen LogP contribution in [-0.4, -0.2) is 16.7 Å². The van der Waals surface area contributed by atoms with Gasteiger partial charge in [-0.2, -0.15) is 5.10 Å². The summed E-state index contributed by atoms with van der Waals surface area (Å²) >= 11 is 16.7. The van der Waals surface area contributed by atoms with E-state index in [1.165, 1.54) is 24.1 Å². The molecule has 1 amide bonds. The lowest BCUT2D eigenvalue weighted by atomic mass is 10.2. The van der Waals surface area contributed by atoms with E-state index in [-0.39, 0.29) is 5.91 Å². The third-order valence-corrected chi connectivity index (χ3v) is 6.61. The molecule has 0 unspecified atom stereocenters. The summed E-state index contributed by atoms with van der Waals surface area (Å²) in [6.45, 7) is 0.560. The lowest BCUT2D eigenvalue weighted by molar-refractivity contribution is -0.121. The topological polar surface area (TPSA) is 46.4 Å². The van der Waals surface area contributed by atoms with E-state index >= 15 is 0 Å². The standard InChI is InChI=1S/C22H15Cl2I2N3O/c23-14-2-1-13(19(24)9-14)12-27-28-22(30)7-8-29-20-5-3-15(25)10-17(20)18-11-16(26)4-6-21(18)29/h1-6,9-12H,7-8H2,(H,28,30)/b27-12+. The molecule has 0 spiro atoms. The van der Waals surface area contributed by atoms with Crippen molar-refractivity contribution >= 4 is 102 Å². The van der Waals surface area contributed by atoms with E-state index in [0.717, 1.165) is 11.0 Å². The van der Waals surface area contributed by atoms with Crippen LogP contribution in [0.25, 0.3) is 21.8 Å². The highest BCUT2D eigenvalue weighted by molar-refractivity contribution is 14.1. The number of nitrogens with zero attached hydrogens (tertiary/aromatic N) is 2. The quantitative estimate of drug-likeness (QED) is 0.142. The molecule has 4 rings (SSSR count). The Hall–Kier alpha value is -1.36. The first-order valence-corrected chi connectivity index (χ1v) is 12.0. The van der Waals surface area contributed by atoms with Crippen LogP contribution in [0.2, 0.25) is 10.0 Å². The van der Waals surface area contributed by atoms with Crippen LogP contribution >= 0.6 is 68.4 Å². The molecule has 0 bridgehead atoms. The summed E-state index contributed by atoms with van der Waals surface area (Å²) in [5.41, 5.74) is 5.50. The Labute approximate surface area is 210 Å². The van der Waals surface area contributed by atoms with Crippen molar-refractivity contribution in [1.82, 2.24) is 9.99 Å². The minimum Gasteiger partial charge on any atom is -0.340 e. The molecule has 0 saturated heterocycles. The molecule has 0 fully saturated rings. The van der Waals surface area contributed by atoms with E-state index in [1.54, 1.807) is 18.2 Å². The number of hydrogen-bond donors (Lipinski definition) is 1. The third-order valence-electron chi connectivity index (χ3n) is 4.71. The average molecular weight is 662 g/mol. The van der Waals surface area contributed by atoms with Crippen molar-refractivity contribution in [3.8, 4) is 0 Å². The van der Waals surface area contributed by atoms with Gasteiger partial charge in [0.2, 0.25) is 5.91 Å². The van der Waals surface area contributed by atoms with Gasteiger partial charge in [-0.3, -0.25) is 4.79 Å². The molecule has 0 saturated carbocycles. The van der Waals surface area contributed by atoms with E-state index in [9.17, 15) is 4.79 Å². The molecule has 0 aliphatic rings. The Morgan fingerprint density at radius 2 is 1.60 bits per heavy atom. The van der Waals surface area contributed by atoms with Crippen LogP contribution in [0.4, 0.5) is 0 Å². The van der Waals surface area contributed by atoms with Gasteiger partial charge < -0.3 is 4.57 Å². The van der Waals surface area contributed by atoms with E-state index < -0.39 is 0 Å². The molecular formula is C22H15Cl2I2N3O. The second kappa shape index (κ2) is 9.42. The number of hydrogen-bond acceptors (Lipinski definition) is 2. The number of hydrazone groups is 1. The van der Waals surface area contributed by atoms with Crippen LogP contribution < -0.4 is 5.43 Å². The Morgan fingerprint density at radius 1 is 0.967 bits per heavy atom. The summed E-state index contributed by atoms with van der Waals surface area (Å²) in [7, 11) is 0. The molecule has 152 valence electrons. The van der Waals surface area contributed by atoms with E-state index in [2.05, 4.69) is 96.7 Å².